The highest BCUT2D eigenvalue weighted by Gasteiger charge is 2.08. The Morgan fingerprint density at radius 3 is 3.00 bits per heavy atom. The van der Waals surface area contributed by atoms with E-state index in [0.29, 0.717) is 6.10 Å². The van der Waals surface area contributed by atoms with Gasteiger partial charge in [-0.05, 0) is 19.8 Å². The number of ether oxygens (including phenoxy) is 1. The maximum Gasteiger partial charge on any atom is 0.0651 e. The molecule has 1 heteroatoms. The summed E-state index contributed by atoms with van der Waals surface area (Å²) in [5.41, 5.74) is 1.21. The van der Waals surface area contributed by atoms with Crippen LogP contribution in [0.15, 0.2) is 24.3 Å². The molecule has 1 aliphatic rings. The summed E-state index contributed by atoms with van der Waals surface area (Å²) in [6.07, 6.45) is 6.69. The molecule has 0 saturated heterocycles. The lowest BCUT2D eigenvalue weighted by Gasteiger charge is -2.18. The van der Waals surface area contributed by atoms with Gasteiger partial charge in [-0.3, -0.25) is 0 Å². The summed E-state index contributed by atoms with van der Waals surface area (Å²) in [5, 5.41) is 0. The zero-order valence-electron chi connectivity index (χ0n) is 6.47. The van der Waals surface area contributed by atoms with Gasteiger partial charge in [0.25, 0.3) is 0 Å². The Morgan fingerprint density at radius 2 is 2.50 bits per heavy atom. The zero-order chi connectivity index (χ0) is 7.40. The normalized spacial score (nSPS) is 24.7. The molecule has 1 aliphatic heterocycles. The first kappa shape index (κ1) is 7.55. The van der Waals surface area contributed by atoms with Gasteiger partial charge in [-0.2, -0.15) is 0 Å². The summed E-state index contributed by atoms with van der Waals surface area (Å²) < 4.78 is 5.44. The molecule has 0 amide bonds. The van der Waals surface area contributed by atoms with Crippen LogP contribution in [0.4, 0.5) is 0 Å². The largest absolute Gasteiger partial charge is 0.374 e. The van der Waals surface area contributed by atoms with Gasteiger partial charge in [0, 0.05) is 0 Å². The second-order valence-electron chi connectivity index (χ2n) is 2.82. The average Bonchev–Trinajstić information content (AvgIpc) is 1.88. The van der Waals surface area contributed by atoms with Crippen molar-refractivity contribution >= 4 is 0 Å². The molecule has 0 aromatic rings. The van der Waals surface area contributed by atoms with Crippen LogP contribution in [0.25, 0.3) is 0 Å². The summed E-state index contributed by atoms with van der Waals surface area (Å²) in [4.78, 5) is 0. The quantitative estimate of drug-likeness (QED) is 0.532. The van der Waals surface area contributed by atoms with Gasteiger partial charge >= 0.3 is 0 Å². The second kappa shape index (κ2) is 3.57. The number of rotatable bonds is 2. The lowest BCUT2D eigenvalue weighted by molar-refractivity contribution is 0.0685. The molecule has 1 atom stereocenters. The van der Waals surface area contributed by atoms with Crippen molar-refractivity contribution in [3.8, 4) is 0 Å². The Hall–Kier alpha value is -0.560. The van der Waals surface area contributed by atoms with Crippen LogP contribution in [0.5, 0.6) is 0 Å². The fourth-order valence-corrected chi connectivity index (χ4v) is 1.11. The molecule has 10 heavy (non-hydrogen) atoms. The van der Waals surface area contributed by atoms with E-state index >= 15 is 0 Å². The summed E-state index contributed by atoms with van der Waals surface area (Å²) in [6, 6.07) is 0. The summed E-state index contributed by atoms with van der Waals surface area (Å²) >= 11 is 0. The van der Waals surface area contributed by atoms with Gasteiger partial charge in [0.05, 0.1) is 12.7 Å². The van der Waals surface area contributed by atoms with Crippen LogP contribution in [-0.4, -0.2) is 12.7 Å². The van der Waals surface area contributed by atoms with Gasteiger partial charge in [0.1, 0.15) is 0 Å². The van der Waals surface area contributed by atoms with Gasteiger partial charge in [0.15, 0.2) is 0 Å². The third-order valence-electron chi connectivity index (χ3n) is 1.57. The third kappa shape index (κ3) is 2.36. The maximum atomic E-state index is 5.44. The van der Waals surface area contributed by atoms with Gasteiger partial charge in [0.2, 0.25) is 0 Å². The molecule has 0 fully saturated rings. The smallest absolute Gasteiger partial charge is 0.0651 e. The Bertz CT molecular complexity index is 147. The van der Waals surface area contributed by atoms with E-state index in [0.717, 1.165) is 19.4 Å². The highest BCUT2D eigenvalue weighted by molar-refractivity contribution is 4.96. The molecule has 56 valence electrons. The van der Waals surface area contributed by atoms with Crippen LogP contribution in [0.3, 0.4) is 0 Å². The first-order valence-corrected chi connectivity index (χ1v) is 3.70. The molecular formula is C9H14O. The van der Waals surface area contributed by atoms with Gasteiger partial charge in [-0.1, -0.05) is 17.7 Å². The fraction of sp³-hybridized carbons (Fsp3) is 0.556. The second-order valence-corrected chi connectivity index (χ2v) is 2.82. The Labute approximate surface area is 62.4 Å². The van der Waals surface area contributed by atoms with Crippen LogP contribution in [0.2, 0.25) is 0 Å². The van der Waals surface area contributed by atoms with Crippen molar-refractivity contribution in [1.82, 2.24) is 0 Å². The van der Waals surface area contributed by atoms with Gasteiger partial charge < -0.3 is 4.74 Å². The Morgan fingerprint density at radius 1 is 1.70 bits per heavy atom. The molecule has 0 N–H and O–H groups in total. The SMILES string of the molecule is C=C(C)C[C@H]1CC=CCO1. The molecule has 0 aromatic heterocycles. The summed E-state index contributed by atoms with van der Waals surface area (Å²) in [5.74, 6) is 0. The minimum absolute atomic E-state index is 0.391. The van der Waals surface area contributed by atoms with Crippen LogP contribution in [0.1, 0.15) is 19.8 Å². The minimum Gasteiger partial charge on any atom is -0.374 e. The summed E-state index contributed by atoms with van der Waals surface area (Å²) in [7, 11) is 0. The highest BCUT2D eigenvalue weighted by atomic mass is 16.5. The van der Waals surface area contributed by atoms with Crippen molar-refractivity contribution in [1.29, 1.82) is 0 Å². The van der Waals surface area contributed by atoms with E-state index in [1.165, 1.54) is 5.57 Å². The molecule has 0 saturated carbocycles. The molecule has 1 heterocycles. The predicted octanol–water partition coefficient (Wildman–Crippen LogP) is 2.30. The Balaban J connectivity index is 2.28. The zero-order valence-corrected chi connectivity index (χ0v) is 6.47. The molecule has 0 bridgehead atoms. The van der Waals surface area contributed by atoms with E-state index in [1.807, 2.05) is 6.92 Å². The Kier molecular flexibility index (Phi) is 2.69. The monoisotopic (exact) mass is 138 g/mol. The first-order valence-electron chi connectivity index (χ1n) is 3.70. The lowest BCUT2D eigenvalue weighted by atomic mass is 10.1. The number of hydrogen-bond donors (Lipinski definition) is 0. The van der Waals surface area contributed by atoms with E-state index in [9.17, 15) is 0 Å². The van der Waals surface area contributed by atoms with E-state index < -0.39 is 0 Å². The van der Waals surface area contributed by atoms with Gasteiger partial charge in [-0.15, -0.1) is 6.58 Å². The van der Waals surface area contributed by atoms with E-state index in [1.54, 1.807) is 0 Å². The van der Waals surface area contributed by atoms with Crippen molar-refractivity contribution in [2.45, 2.75) is 25.9 Å². The average molecular weight is 138 g/mol. The van der Waals surface area contributed by atoms with Crippen LogP contribution in [-0.2, 0) is 4.74 Å². The van der Waals surface area contributed by atoms with E-state index in [4.69, 9.17) is 4.74 Å². The van der Waals surface area contributed by atoms with E-state index in [2.05, 4.69) is 18.7 Å². The topological polar surface area (TPSA) is 9.23 Å². The van der Waals surface area contributed by atoms with Crippen molar-refractivity contribution < 1.29 is 4.74 Å². The number of hydrogen-bond acceptors (Lipinski definition) is 1. The molecule has 1 nitrogen and oxygen atoms in total. The molecule has 0 unspecified atom stereocenters. The molecule has 0 spiro atoms. The van der Waals surface area contributed by atoms with Crippen LogP contribution in [0, 0.1) is 0 Å². The molecule has 0 radical (unpaired) electrons. The van der Waals surface area contributed by atoms with Crippen molar-refractivity contribution in [3.63, 3.8) is 0 Å². The molecular weight excluding hydrogens is 124 g/mol. The predicted molar refractivity (Wildman–Crippen MR) is 42.9 cm³/mol. The van der Waals surface area contributed by atoms with Crippen LogP contribution < -0.4 is 0 Å². The molecule has 1 rings (SSSR count). The standard InChI is InChI=1S/C9H14O/c1-8(2)7-9-5-3-4-6-10-9/h3-4,9H,1,5-7H2,2H3/t9-/m1/s1. The minimum atomic E-state index is 0.391. The fourth-order valence-electron chi connectivity index (χ4n) is 1.11. The van der Waals surface area contributed by atoms with Crippen molar-refractivity contribution in [2.75, 3.05) is 6.61 Å². The first-order chi connectivity index (χ1) is 4.79. The maximum absolute atomic E-state index is 5.44. The van der Waals surface area contributed by atoms with Crippen LogP contribution >= 0.6 is 0 Å². The molecule has 0 aliphatic carbocycles. The summed E-state index contributed by atoms with van der Waals surface area (Å²) in [6.45, 7) is 6.66. The lowest BCUT2D eigenvalue weighted by Crippen LogP contribution is -2.15. The third-order valence-corrected chi connectivity index (χ3v) is 1.57. The van der Waals surface area contributed by atoms with E-state index in [-0.39, 0.29) is 0 Å². The molecule has 0 aromatic carbocycles. The highest BCUT2D eigenvalue weighted by Crippen LogP contribution is 2.13. The van der Waals surface area contributed by atoms with Crippen molar-refractivity contribution in [3.05, 3.63) is 24.3 Å². The van der Waals surface area contributed by atoms with Crippen molar-refractivity contribution in [2.24, 2.45) is 0 Å². The van der Waals surface area contributed by atoms with Gasteiger partial charge in [-0.25, -0.2) is 0 Å².